The van der Waals surface area contributed by atoms with Crippen LogP contribution in [-0.4, -0.2) is 144 Å². The summed E-state index contributed by atoms with van der Waals surface area (Å²) >= 11 is 24.0. The third-order valence-electron chi connectivity index (χ3n) is 25.0. The molecule has 10 aromatic rings. The van der Waals surface area contributed by atoms with E-state index in [1.54, 1.807) is 144 Å². The van der Waals surface area contributed by atoms with E-state index in [9.17, 15) is 68.4 Å². The Kier molecular flexibility index (Phi) is 43.0. The van der Waals surface area contributed by atoms with Crippen LogP contribution in [0.25, 0.3) is 0 Å². The predicted octanol–water partition coefficient (Wildman–Crippen LogP) is 24.6. The molecule has 3 saturated heterocycles. The lowest BCUT2D eigenvalue weighted by Gasteiger charge is -2.37. The van der Waals surface area contributed by atoms with E-state index in [1.807, 2.05) is 116 Å². The smallest absolute Gasteiger partial charge is 0.185 e. The number of anilines is 3. The highest BCUT2D eigenvalue weighted by Gasteiger charge is 2.34. The summed E-state index contributed by atoms with van der Waals surface area (Å²) in [6.45, 7) is 33.8. The molecule has 3 fully saturated rings. The highest BCUT2D eigenvalue weighted by molar-refractivity contribution is 7.92. The third-order valence-corrected chi connectivity index (χ3v) is 37.2. The van der Waals surface area contributed by atoms with Crippen molar-refractivity contribution in [2.45, 2.75) is 274 Å². The number of benzene rings is 10. The van der Waals surface area contributed by atoms with Gasteiger partial charge in [-0.1, -0.05) is 192 Å². The van der Waals surface area contributed by atoms with Gasteiger partial charge in [0.1, 0.15) is 5.69 Å². The summed E-state index contributed by atoms with van der Waals surface area (Å²) in [5, 5.41) is 0.478. The van der Waals surface area contributed by atoms with Crippen molar-refractivity contribution in [3.05, 3.63) is 332 Å². The van der Waals surface area contributed by atoms with Gasteiger partial charge < -0.3 is 28.9 Å². The standard InChI is InChI=1S/C25H35NO3S.C24H29F4NO3S.C24H31F2NO3S.2C18H20Cl2O2S/c1-18(2)30(27,28)17-23-8-6-22(7-9-23)10-11-24-12-13-25(14-19(24)3)26-15-20(4)29-21(5)16-26;1-14(2)33(30,31)13-18-7-5-17(6-8-18)9-10-19-20(25)22(27)24(23(28)21(19)26)29-11-15(3)32-16(4)12-29;1-16(2)31(28,29)15-20-7-5-19(6-8-20)9-10-21-11-12-22(24(26)23(21)25)27-13-17(3)30-18(4)14-27;1-13(2)23(21,22)12-16-7-4-14(5-8-16)3-6-15-9-10-17(19)18(20)11-15;1-13(2)23(21,22)12-15-5-3-14(4-6-15)7-8-16-9-10-17(19)11-18(16)20/h6-9,12-14,18,20-21H,10-11,15-17H2,1-5H3;5-8,14-16H,9-13H2,1-4H3;5-8,11-12,16-18H,9-10,13-15H2,1-4H3;4-5,7-11,13H,3,6,12H2,1-2H3;3-6,9-11,13H,7-8,12H2,1-2H3/t20-,21+;15-,16+;17-,18+;;. The molecule has 10 aromatic carbocycles. The number of sulfone groups is 5. The number of ether oxygens (including phenoxy) is 3. The van der Waals surface area contributed by atoms with Crippen molar-refractivity contribution in [1.29, 1.82) is 0 Å². The van der Waals surface area contributed by atoms with Crippen molar-refractivity contribution in [3.63, 3.8) is 0 Å². The van der Waals surface area contributed by atoms with Crippen molar-refractivity contribution in [3.8, 4) is 0 Å². The fourth-order valence-corrected chi connectivity index (χ4v) is 22.1. The lowest BCUT2D eigenvalue weighted by Crippen LogP contribution is -2.46. The summed E-state index contributed by atoms with van der Waals surface area (Å²) in [7, 11) is -15.6. The Labute approximate surface area is 848 Å². The number of hydrogen-bond donors (Lipinski definition) is 0. The SMILES string of the molecule is CC(C)S(=O)(=O)Cc1ccc(CCc2c(F)c(F)c(N3C[C@@H](C)O[C@@H](C)C3)c(F)c2F)cc1.CC(C)S(=O)(=O)Cc1ccc(CCc2ccc(Cl)c(Cl)c2)cc1.CC(C)S(=O)(=O)Cc1ccc(CCc2ccc(Cl)cc2Cl)cc1.CC(C)S(=O)(=O)Cc1ccc(CCc2ccc(N3C[C@@H](C)O[C@@H](C)C3)c(F)c2F)cc1.Cc1cc(N2C[C@@H](C)O[C@@H](C)C2)ccc1CCc1ccc(CS(=O)(=O)C(C)C)cc1. The molecular weight excluding hydrogens is 1980 g/mol. The minimum Gasteiger partial charge on any atom is -0.372 e. The summed E-state index contributed by atoms with van der Waals surface area (Å²) in [5.41, 5.74) is 14.4. The summed E-state index contributed by atoms with van der Waals surface area (Å²) in [4.78, 5) is 5.54. The van der Waals surface area contributed by atoms with Crippen LogP contribution in [0, 0.1) is 41.8 Å². The minimum absolute atomic E-state index is 0.00498. The van der Waals surface area contributed by atoms with Crippen LogP contribution in [-0.2, 0) is 156 Å². The second-order valence-electron chi connectivity index (χ2n) is 38.4. The second kappa shape index (κ2) is 52.1. The Morgan fingerprint density at radius 3 is 0.900 bits per heavy atom. The molecule has 0 spiro atoms. The van der Waals surface area contributed by atoms with Gasteiger partial charge in [-0.15, -0.1) is 0 Å². The highest BCUT2D eigenvalue weighted by atomic mass is 35.5. The normalized spacial score (nSPS) is 17.1. The van der Waals surface area contributed by atoms with E-state index >= 15 is 0 Å². The Balaban J connectivity index is 0.000000197. The van der Waals surface area contributed by atoms with Gasteiger partial charge in [0.05, 0.1) is 107 Å². The van der Waals surface area contributed by atoms with Crippen LogP contribution in [0.15, 0.2) is 188 Å². The van der Waals surface area contributed by atoms with Gasteiger partial charge in [0.2, 0.25) is 0 Å². The van der Waals surface area contributed by atoms with Crippen LogP contribution in [0.4, 0.5) is 43.4 Å². The first kappa shape index (κ1) is 116. The van der Waals surface area contributed by atoms with Crippen molar-refractivity contribution in [2.75, 3.05) is 54.0 Å². The van der Waals surface area contributed by atoms with Gasteiger partial charge in [-0.25, -0.2) is 68.4 Å². The van der Waals surface area contributed by atoms with Gasteiger partial charge in [-0.2, -0.15) is 0 Å². The summed E-state index contributed by atoms with van der Waals surface area (Å²) in [6.07, 6.45) is 5.88. The van der Waals surface area contributed by atoms with Crippen molar-refractivity contribution < 1.29 is 82.6 Å². The van der Waals surface area contributed by atoms with Gasteiger partial charge in [0.25, 0.3) is 0 Å². The third kappa shape index (κ3) is 34.6. The average molecular weight is 2110 g/mol. The first-order valence-electron chi connectivity index (χ1n) is 47.6. The molecule has 13 rings (SSSR count). The largest absolute Gasteiger partial charge is 0.372 e. The number of morpholine rings is 3. The zero-order valence-corrected chi connectivity index (χ0v) is 90.2. The first-order valence-corrected chi connectivity index (χ1v) is 57.7. The Morgan fingerprint density at radius 2 is 0.564 bits per heavy atom. The first-order chi connectivity index (χ1) is 65.7. The van der Waals surface area contributed by atoms with E-state index in [2.05, 4.69) is 56.0 Å². The summed E-state index contributed by atoms with van der Waals surface area (Å²) in [5.74, 6) is -7.01. The molecule has 0 amide bonds. The van der Waals surface area contributed by atoms with Crippen LogP contribution in [0.1, 0.15) is 200 Å². The molecule has 0 aromatic heterocycles. The zero-order valence-electron chi connectivity index (χ0n) is 83.1. The predicted molar refractivity (Wildman–Crippen MR) is 561 cm³/mol. The van der Waals surface area contributed by atoms with Crippen LogP contribution in [0.5, 0.6) is 0 Å². The van der Waals surface area contributed by atoms with E-state index < -0.39 is 106 Å². The highest BCUT2D eigenvalue weighted by Crippen LogP contribution is 2.36. The van der Waals surface area contributed by atoms with Gasteiger partial charge in [-0.3, -0.25) is 0 Å². The molecule has 6 atom stereocenters. The van der Waals surface area contributed by atoms with Crippen LogP contribution in [0.3, 0.4) is 0 Å². The molecule has 140 heavy (non-hydrogen) atoms. The summed E-state index contributed by atoms with van der Waals surface area (Å²) < 4.78 is 226. The number of aryl methyl sites for hydroxylation is 10. The fraction of sp³-hybridized carbons (Fsp3) is 0.450. The quantitative estimate of drug-likeness (QED) is 0.0277. The number of rotatable bonds is 33. The molecule has 16 nitrogen and oxygen atoms in total. The summed E-state index contributed by atoms with van der Waals surface area (Å²) in [6, 6.07) is 58.6. The maximum Gasteiger partial charge on any atom is 0.185 e. The molecule has 31 heteroatoms. The van der Waals surface area contributed by atoms with E-state index in [-0.39, 0.29) is 113 Å². The van der Waals surface area contributed by atoms with E-state index in [4.69, 9.17) is 60.6 Å². The number of nitrogens with zero attached hydrogens (tertiary/aromatic N) is 3. The van der Waals surface area contributed by atoms with Crippen molar-refractivity contribution in [1.82, 2.24) is 0 Å². The Morgan fingerprint density at radius 1 is 0.279 bits per heavy atom. The van der Waals surface area contributed by atoms with Gasteiger partial charge >= 0.3 is 0 Å². The maximum absolute atomic E-state index is 14.8. The molecule has 3 aliphatic rings. The average Bonchev–Trinajstić information content (AvgIpc) is 0.777. The molecule has 764 valence electrons. The van der Waals surface area contributed by atoms with Crippen LogP contribution >= 0.6 is 46.4 Å². The Hall–Kier alpha value is -8.03. The van der Waals surface area contributed by atoms with Gasteiger partial charge in [-0.05, 0) is 308 Å². The maximum atomic E-state index is 14.8. The lowest BCUT2D eigenvalue weighted by atomic mass is 9.99. The zero-order chi connectivity index (χ0) is 103. The monoisotopic (exact) mass is 2110 g/mol. The lowest BCUT2D eigenvalue weighted by molar-refractivity contribution is -0.00586. The second-order valence-corrected chi connectivity index (χ2v) is 52.8. The van der Waals surface area contributed by atoms with Gasteiger partial charge in [0, 0.05) is 60.6 Å². The molecule has 0 radical (unpaired) electrons. The molecule has 0 saturated carbocycles. The van der Waals surface area contributed by atoms with E-state index in [0.29, 0.717) is 62.7 Å². The number of halogens is 10. The van der Waals surface area contributed by atoms with E-state index in [1.165, 1.54) is 32.8 Å². The molecule has 3 heterocycles. The molecular formula is C109H135Cl4F6N3O13S5. The van der Waals surface area contributed by atoms with Crippen molar-refractivity contribution >= 4 is 113 Å². The van der Waals surface area contributed by atoms with Crippen molar-refractivity contribution in [2.24, 2.45) is 0 Å². The molecule has 0 aliphatic carbocycles. The van der Waals surface area contributed by atoms with Crippen LogP contribution < -0.4 is 14.7 Å². The topological polar surface area (TPSA) is 208 Å². The van der Waals surface area contributed by atoms with Crippen LogP contribution in [0.2, 0.25) is 20.1 Å². The Bertz CT molecular complexity index is 6330. The van der Waals surface area contributed by atoms with Gasteiger partial charge in [0.15, 0.2) is 84.1 Å². The number of hydrogen-bond acceptors (Lipinski definition) is 16. The van der Waals surface area contributed by atoms with E-state index in [0.717, 1.165) is 96.1 Å². The molecule has 3 aliphatic heterocycles. The minimum atomic E-state index is -3.25. The fourth-order valence-electron chi connectivity index (χ4n) is 16.3. The molecule has 0 N–H and O–H groups in total. The molecule has 0 bridgehead atoms. The molecule has 0 unspecified atom stereocenters.